The number of nitrogens with one attached hydrogen (secondary N) is 1. The van der Waals surface area contributed by atoms with Crippen LogP contribution in [-0.4, -0.2) is 9.97 Å². The maximum absolute atomic E-state index is 12.4. The molecule has 2 rings (SSSR count). The average Bonchev–Trinajstić information content (AvgIpc) is 2.40. The van der Waals surface area contributed by atoms with E-state index in [1.807, 2.05) is 13.8 Å². The quantitative estimate of drug-likeness (QED) is 0.915. The number of hydrogen-bond donors (Lipinski definition) is 1. The number of hydrogen-bond acceptors (Lipinski definition) is 3. The van der Waals surface area contributed by atoms with E-state index < -0.39 is 6.43 Å². The molecule has 1 heterocycles. The van der Waals surface area contributed by atoms with Crippen molar-refractivity contribution in [1.29, 1.82) is 0 Å². The number of halogens is 2. The molecule has 19 heavy (non-hydrogen) atoms. The zero-order chi connectivity index (χ0) is 13.8. The first-order chi connectivity index (χ1) is 9.06. The first-order valence-electron chi connectivity index (χ1n) is 5.97. The Morgan fingerprint density at radius 1 is 1.16 bits per heavy atom. The lowest BCUT2D eigenvalue weighted by Crippen LogP contribution is -2.05. The Morgan fingerprint density at radius 3 is 2.47 bits per heavy atom. The smallest absolute Gasteiger partial charge is 0.263 e. The van der Waals surface area contributed by atoms with Gasteiger partial charge in [0, 0.05) is 18.3 Å². The van der Waals surface area contributed by atoms with E-state index in [-0.39, 0.29) is 5.56 Å². The summed E-state index contributed by atoms with van der Waals surface area (Å²) in [5, 5.41) is 3.16. The number of aryl methyl sites for hydroxylation is 2. The molecule has 0 amide bonds. The molecule has 0 aliphatic heterocycles. The summed E-state index contributed by atoms with van der Waals surface area (Å²) in [5.41, 5.74) is 2.61. The molecule has 0 bridgehead atoms. The Labute approximate surface area is 110 Å². The van der Waals surface area contributed by atoms with E-state index >= 15 is 0 Å². The Bertz CT molecular complexity index is 553. The fraction of sp³-hybridized carbons (Fsp3) is 0.286. The van der Waals surface area contributed by atoms with Gasteiger partial charge in [0.05, 0.1) is 11.4 Å². The fourth-order valence-electron chi connectivity index (χ4n) is 1.67. The lowest BCUT2D eigenvalue weighted by molar-refractivity contribution is 0.151. The highest BCUT2D eigenvalue weighted by Gasteiger charge is 2.06. The lowest BCUT2D eigenvalue weighted by Gasteiger charge is -2.09. The van der Waals surface area contributed by atoms with E-state index in [4.69, 9.17) is 0 Å². The number of anilines is 1. The van der Waals surface area contributed by atoms with Crippen LogP contribution in [0.2, 0.25) is 0 Å². The summed E-state index contributed by atoms with van der Waals surface area (Å²) in [6.45, 7) is 4.27. The Kier molecular flexibility index (Phi) is 4.04. The fourth-order valence-corrected chi connectivity index (χ4v) is 1.67. The molecular weight excluding hydrogens is 248 g/mol. The topological polar surface area (TPSA) is 37.8 Å². The normalized spacial score (nSPS) is 10.8. The second-order valence-corrected chi connectivity index (χ2v) is 4.34. The molecule has 1 aromatic carbocycles. The number of nitrogens with zero attached hydrogens (tertiary/aromatic N) is 2. The maximum Gasteiger partial charge on any atom is 0.263 e. The van der Waals surface area contributed by atoms with Crippen molar-refractivity contribution in [3.63, 3.8) is 0 Å². The van der Waals surface area contributed by atoms with Crippen molar-refractivity contribution in [2.45, 2.75) is 26.8 Å². The SMILES string of the molecule is Cc1cnc(C)c(NCc2ccc(C(F)F)cc2)n1. The minimum atomic E-state index is -2.42. The minimum absolute atomic E-state index is 0.0373. The van der Waals surface area contributed by atoms with Gasteiger partial charge in [-0.3, -0.25) is 4.98 Å². The molecule has 0 saturated carbocycles. The summed E-state index contributed by atoms with van der Waals surface area (Å²) in [7, 11) is 0. The summed E-state index contributed by atoms with van der Waals surface area (Å²) in [4.78, 5) is 8.54. The minimum Gasteiger partial charge on any atom is -0.364 e. The molecular formula is C14H15F2N3. The van der Waals surface area contributed by atoms with Crippen LogP contribution >= 0.6 is 0 Å². The highest BCUT2D eigenvalue weighted by atomic mass is 19.3. The van der Waals surface area contributed by atoms with E-state index in [0.717, 1.165) is 22.8 Å². The zero-order valence-corrected chi connectivity index (χ0v) is 10.8. The van der Waals surface area contributed by atoms with Crippen molar-refractivity contribution in [2.75, 3.05) is 5.32 Å². The molecule has 0 unspecified atom stereocenters. The molecule has 2 aromatic rings. The highest BCUT2D eigenvalue weighted by Crippen LogP contribution is 2.19. The number of alkyl halides is 2. The highest BCUT2D eigenvalue weighted by molar-refractivity contribution is 5.40. The van der Waals surface area contributed by atoms with Crippen LogP contribution in [0.25, 0.3) is 0 Å². The molecule has 100 valence electrons. The molecule has 0 fully saturated rings. The largest absolute Gasteiger partial charge is 0.364 e. The molecule has 0 atom stereocenters. The third-order valence-electron chi connectivity index (χ3n) is 2.77. The van der Waals surface area contributed by atoms with E-state index in [0.29, 0.717) is 6.54 Å². The van der Waals surface area contributed by atoms with Gasteiger partial charge in [0.25, 0.3) is 6.43 Å². The molecule has 0 radical (unpaired) electrons. The predicted octanol–water partition coefficient (Wildman–Crippen LogP) is 3.64. The maximum atomic E-state index is 12.4. The molecule has 5 heteroatoms. The first kappa shape index (κ1) is 13.4. The average molecular weight is 263 g/mol. The van der Waals surface area contributed by atoms with E-state index in [9.17, 15) is 8.78 Å². The molecule has 0 saturated heterocycles. The van der Waals surface area contributed by atoms with Crippen LogP contribution in [0.1, 0.15) is 28.9 Å². The van der Waals surface area contributed by atoms with Crippen LogP contribution in [0.4, 0.5) is 14.6 Å². The van der Waals surface area contributed by atoms with Gasteiger partial charge in [0.2, 0.25) is 0 Å². The van der Waals surface area contributed by atoms with Crippen molar-refractivity contribution in [3.8, 4) is 0 Å². The monoisotopic (exact) mass is 263 g/mol. The summed E-state index contributed by atoms with van der Waals surface area (Å²) < 4.78 is 24.8. The van der Waals surface area contributed by atoms with Crippen LogP contribution in [0.5, 0.6) is 0 Å². The Morgan fingerprint density at radius 2 is 1.84 bits per heavy atom. The van der Waals surface area contributed by atoms with Crippen LogP contribution in [-0.2, 0) is 6.54 Å². The molecule has 1 N–H and O–H groups in total. The molecule has 0 aliphatic rings. The predicted molar refractivity (Wildman–Crippen MR) is 70.2 cm³/mol. The van der Waals surface area contributed by atoms with Crippen molar-refractivity contribution in [3.05, 3.63) is 53.0 Å². The van der Waals surface area contributed by atoms with Gasteiger partial charge in [-0.15, -0.1) is 0 Å². The zero-order valence-electron chi connectivity index (χ0n) is 10.8. The van der Waals surface area contributed by atoms with E-state index in [1.54, 1.807) is 18.3 Å². The van der Waals surface area contributed by atoms with Gasteiger partial charge in [0.15, 0.2) is 0 Å². The third kappa shape index (κ3) is 3.47. The van der Waals surface area contributed by atoms with Crippen molar-refractivity contribution in [1.82, 2.24) is 9.97 Å². The second kappa shape index (κ2) is 5.73. The van der Waals surface area contributed by atoms with Crippen molar-refractivity contribution >= 4 is 5.82 Å². The lowest BCUT2D eigenvalue weighted by atomic mass is 10.1. The van der Waals surface area contributed by atoms with Crippen molar-refractivity contribution < 1.29 is 8.78 Å². The van der Waals surface area contributed by atoms with Gasteiger partial charge < -0.3 is 5.32 Å². The van der Waals surface area contributed by atoms with E-state index in [2.05, 4.69) is 15.3 Å². The van der Waals surface area contributed by atoms with Crippen LogP contribution in [0.15, 0.2) is 30.5 Å². The van der Waals surface area contributed by atoms with Crippen LogP contribution in [0, 0.1) is 13.8 Å². The van der Waals surface area contributed by atoms with Crippen LogP contribution in [0.3, 0.4) is 0 Å². The second-order valence-electron chi connectivity index (χ2n) is 4.34. The summed E-state index contributed by atoms with van der Waals surface area (Å²) in [6, 6.07) is 6.26. The summed E-state index contributed by atoms with van der Waals surface area (Å²) in [5.74, 6) is 0.720. The Hall–Kier alpha value is -2.04. The molecule has 3 nitrogen and oxygen atoms in total. The van der Waals surface area contributed by atoms with Gasteiger partial charge in [-0.25, -0.2) is 13.8 Å². The van der Waals surface area contributed by atoms with Gasteiger partial charge in [0.1, 0.15) is 5.82 Å². The van der Waals surface area contributed by atoms with Gasteiger partial charge >= 0.3 is 0 Å². The van der Waals surface area contributed by atoms with Crippen molar-refractivity contribution in [2.24, 2.45) is 0 Å². The van der Waals surface area contributed by atoms with E-state index in [1.165, 1.54) is 12.1 Å². The molecule has 0 aliphatic carbocycles. The van der Waals surface area contributed by atoms with Gasteiger partial charge in [-0.05, 0) is 19.4 Å². The van der Waals surface area contributed by atoms with Gasteiger partial charge in [-0.2, -0.15) is 0 Å². The third-order valence-corrected chi connectivity index (χ3v) is 2.77. The number of rotatable bonds is 4. The number of benzene rings is 1. The Balaban J connectivity index is 2.04. The first-order valence-corrected chi connectivity index (χ1v) is 5.97. The van der Waals surface area contributed by atoms with Gasteiger partial charge in [-0.1, -0.05) is 24.3 Å². The molecule has 0 spiro atoms. The standard InChI is InChI=1S/C14H15F2N3/c1-9-7-17-10(2)14(19-9)18-8-11-3-5-12(6-4-11)13(15)16/h3-7,13H,8H2,1-2H3,(H,18,19). The van der Waals surface area contributed by atoms with Crippen LogP contribution < -0.4 is 5.32 Å². The summed E-state index contributed by atoms with van der Waals surface area (Å²) in [6.07, 6.45) is -0.718. The number of aromatic nitrogens is 2. The molecule has 1 aromatic heterocycles. The summed E-state index contributed by atoms with van der Waals surface area (Å²) >= 11 is 0.